The molecule has 0 bridgehead atoms. The standard InChI is InChI=1S/C26H29N3O6/c1-28(2)25(33)22-12-7-13-29(22)24(32)21(14-23(30)31)27-26(34)35-15-20-18-10-5-3-8-16(18)17-9-4-6-11-19(17)20/h3-6,8-11,20-22H,7,12-15H2,1-2H3,(H,27,34)(H,30,31). The van der Waals surface area contributed by atoms with Gasteiger partial charge in [-0.3, -0.25) is 14.4 Å². The number of likely N-dealkylation sites (tertiary alicyclic amines) is 1. The molecule has 35 heavy (non-hydrogen) atoms. The van der Waals surface area contributed by atoms with Crippen molar-refractivity contribution in [3.63, 3.8) is 0 Å². The number of hydrogen-bond acceptors (Lipinski definition) is 5. The quantitative estimate of drug-likeness (QED) is 0.630. The van der Waals surface area contributed by atoms with Crippen molar-refractivity contribution in [2.45, 2.75) is 37.3 Å². The van der Waals surface area contributed by atoms with Crippen molar-refractivity contribution in [3.05, 3.63) is 59.7 Å². The fraction of sp³-hybridized carbons (Fsp3) is 0.385. The molecule has 9 nitrogen and oxygen atoms in total. The number of amides is 3. The minimum atomic E-state index is -1.33. The van der Waals surface area contributed by atoms with E-state index in [1.54, 1.807) is 14.1 Å². The monoisotopic (exact) mass is 479 g/mol. The molecule has 2 N–H and O–H groups in total. The third kappa shape index (κ3) is 4.99. The Morgan fingerprint density at radius 3 is 2.23 bits per heavy atom. The zero-order chi connectivity index (χ0) is 25.1. The minimum absolute atomic E-state index is 0.0410. The van der Waals surface area contributed by atoms with E-state index in [-0.39, 0.29) is 18.4 Å². The highest BCUT2D eigenvalue weighted by molar-refractivity contribution is 5.93. The number of fused-ring (bicyclic) bond motifs is 3. The number of aliphatic carboxylic acids is 1. The summed E-state index contributed by atoms with van der Waals surface area (Å²) in [5.41, 5.74) is 4.26. The molecule has 0 saturated carbocycles. The third-order valence-corrected chi connectivity index (χ3v) is 6.57. The van der Waals surface area contributed by atoms with Crippen molar-refractivity contribution in [1.29, 1.82) is 0 Å². The maximum absolute atomic E-state index is 13.2. The Morgan fingerprint density at radius 2 is 1.66 bits per heavy atom. The number of ether oxygens (including phenoxy) is 1. The van der Waals surface area contributed by atoms with Crippen LogP contribution in [-0.4, -0.2) is 78.1 Å². The summed E-state index contributed by atoms with van der Waals surface area (Å²) in [7, 11) is 3.21. The Bertz CT molecular complexity index is 1100. The first-order chi connectivity index (χ1) is 16.8. The molecule has 2 aliphatic rings. The van der Waals surface area contributed by atoms with E-state index in [0.717, 1.165) is 22.3 Å². The largest absolute Gasteiger partial charge is 0.481 e. The zero-order valence-electron chi connectivity index (χ0n) is 19.8. The van der Waals surface area contributed by atoms with Gasteiger partial charge in [-0.1, -0.05) is 48.5 Å². The van der Waals surface area contributed by atoms with Crippen molar-refractivity contribution in [1.82, 2.24) is 15.1 Å². The smallest absolute Gasteiger partial charge is 0.407 e. The second-order valence-corrected chi connectivity index (χ2v) is 9.04. The molecule has 9 heteroatoms. The molecule has 3 amide bonds. The molecule has 0 spiro atoms. The van der Waals surface area contributed by atoms with Gasteiger partial charge in [-0.15, -0.1) is 0 Å². The molecule has 2 unspecified atom stereocenters. The van der Waals surface area contributed by atoms with Crippen molar-refractivity contribution >= 4 is 23.9 Å². The molecule has 2 aromatic rings. The topological polar surface area (TPSA) is 116 Å². The van der Waals surface area contributed by atoms with Crippen molar-refractivity contribution in [3.8, 4) is 11.1 Å². The van der Waals surface area contributed by atoms with E-state index in [4.69, 9.17) is 4.74 Å². The van der Waals surface area contributed by atoms with Crippen LogP contribution >= 0.6 is 0 Å². The SMILES string of the molecule is CN(C)C(=O)C1CCCN1C(=O)C(CC(=O)O)NC(=O)OCC1c2ccccc2-c2ccccc21. The van der Waals surface area contributed by atoms with E-state index in [0.29, 0.717) is 19.4 Å². The van der Waals surface area contributed by atoms with Gasteiger partial charge in [0.2, 0.25) is 11.8 Å². The number of alkyl carbamates (subject to hydrolysis) is 1. The number of carbonyl (C=O) groups excluding carboxylic acids is 3. The van der Waals surface area contributed by atoms with Crippen LogP contribution in [-0.2, 0) is 19.1 Å². The van der Waals surface area contributed by atoms with Crippen LogP contribution < -0.4 is 5.32 Å². The summed E-state index contributed by atoms with van der Waals surface area (Å²) in [4.78, 5) is 52.5. The lowest BCUT2D eigenvalue weighted by Crippen LogP contribution is -2.54. The highest BCUT2D eigenvalue weighted by Crippen LogP contribution is 2.44. The lowest BCUT2D eigenvalue weighted by molar-refractivity contribution is -0.146. The summed E-state index contributed by atoms with van der Waals surface area (Å²) >= 11 is 0. The number of likely N-dealkylation sites (N-methyl/N-ethyl adjacent to an activating group) is 1. The van der Waals surface area contributed by atoms with Gasteiger partial charge in [-0.25, -0.2) is 4.79 Å². The normalized spacial score (nSPS) is 17.3. The van der Waals surface area contributed by atoms with Gasteiger partial charge in [-0.2, -0.15) is 0 Å². The molecule has 184 valence electrons. The molecular weight excluding hydrogens is 450 g/mol. The van der Waals surface area contributed by atoms with Crippen LogP contribution in [0, 0.1) is 0 Å². The fourth-order valence-electron chi connectivity index (χ4n) is 4.94. The second kappa shape index (κ2) is 10.2. The number of rotatable bonds is 7. The van der Waals surface area contributed by atoms with E-state index in [2.05, 4.69) is 5.32 Å². The van der Waals surface area contributed by atoms with E-state index in [1.165, 1.54) is 9.80 Å². The average molecular weight is 480 g/mol. The first-order valence-electron chi connectivity index (χ1n) is 11.6. The molecule has 0 radical (unpaired) electrons. The van der Waals surface area contributed by atoms with Gasteiger partial charge in [-0.05, 0) is 35.1 Å². The van der Waals surface area contributed by atoms with Crippen LogP contribution in [0.4, 0.5) is 4.79 Å². The van der Waals surface area contributed by atoms with E-state index < -0.39 is 36.5 Å². The van der Waals surface area contributed by atoms with Crippen LogP contribution in [0.2, 0.25) is 0 Å². The second-order valence-electron chi connectivity index (χ2n) is 9.04. The Balaban J connectivity index is 1.45. The van der Waals surface area contributed by atoms with Gasteiger partial charge in [0.15, 0.2) is 0 Å². The van der Waals surface area contributed by atoms with E-state index >= 15 is 0 Å². The maximum atomic E-state index is 13.2. The number of carboxylic acid groups (broad SMARTS) is 1. The number of nitrogens with one attached hydrogen (secondary N) is 1. The summed E-state index contributed by atoms with van der Waals surface area (Å²) in [6.45, 7) is 0.366. The van der Waals surface area contributed by atoms with Crippen molar-refractivity contribution in [2.24, 2.45) is 0 Å². The molecule has 4 rings (SSSR count). The van der Waals surface area contributed by atoms with Gasteiger partial charge < -0.3 is 25.0 Å². The Kier molecular flexibility index (Phi) is 7.04. The van der Waals surface area contributed by atoms with Crippen LogP contribution in [0.1, 0.15) is 36.3 Å². The summed E-state index contributed by atoms with van der Waals surface area (Å²) in [6, 6.07) is 13.8. The first kappa shape index (κ1) is 24.3. The van der Waals surface area contributed by atoms with Crippen LogP contribution in [0.15, 0.2) is 48.5 Å². The number of carbonyl (C=O) groups is 4. The third-order valence-electron chi connectivity index (χ3n) is 6.57. The van der Waals surface area contributed by atoms with Gasteiger partial charge in [0.25, 0.3) is 0 Å². The summed E-state index contributed by atoms with van der Waals surface area (Å²) in [5, 5.41) is 11.8. The molecule has 1 aliphatic heterocycles. The number of hydrogen-bond donors (Lipinski definition) is 2. The highest BCUT2D eigenvalue weighted by Gasteiger charge is 2.39. The predicted molar refractivity (Wildman–Crippen MR) is 128 cm³/mol. The van der Waals surface area contributed by atoms with Gasteiger partial charge in [0.1, 0.15) is 18.7 Å². The number of benzene rings is 2. The molecule has 1 heterocycles. The molecule has 0 aromatic heterocycles. The predicted octanol–water partition coefficient (Wildman–Crippen LogP) is 2.45. The first-order valence-corrected chi connectivity index (χ1v) is 11.6. The van der Waals surface area contributed by atoms with Gasteiger partial charge >= 0.3 is 12.1 Å². The summed E-state index contributed by atoms with van der Waals surface area (Å²) < 4.78 is 5.49. The Hall–Kier alpha value is -3.88. The van der Waals surface area contributed by atoms with E-state index in [1.807, 2.05) is 48.5 Å². The maximum Gasteiger partial charge on any atom is 0.407 e. The fourth-order valence-corrected chi connectivity index (χ4v) is 4.94. The number of carboxylic acids is 1. The molecular formula is C26H29N3O6. The van der Waals surface area contributed by atoms with Crippen molar-refractivity contribution in [2.75, 3.05) is 27.2 Å². The van der Waals surface area contributed by atoms with Crippen LogP contribution in [0.5, 0.6) is 0 Å². The Morgan fingerprint density at radius 1 is 1.06 bits per heavy atom. The highest BCUT2D eigenvalue weighted by atomic mass is 16.5. The van der Waals surface area contributed by atoms with Crippen molar-refractivity contribution < 1.29 is 29.0 Å². The molecule has 1 aliphatic carbocycles. The lowest BCUT2D eigenvalue weighted by Gasteiger charge is -2.29. The average Bonchev–Trinajstić information content (AvgIpc) is 3.44. The molecule has 1 saturated heterocycles. The van der Waals surface area contributed by atoms with Crippen LogP contribution in [0.3, 0.4) is 0 Å². The lowest BCUT2D eigenvalue weighted by atomic mass is 9.98. The number of nitrogens with zero attached hydrogens (tertiary/aromatic N) is 2. The van der Waals surface area contributed by atoms with E-state index in [9.17, 15) is 24.3 Å². The van der Waals surface area contributed by atoms with Crippen LogP contribution in [0.25, 0.3) is 11.1 Å². The summed E-state index contributed by atoms with van der Waals surface area (Å²) in [6.07, 6.45) is -0.363. The van der Waals surface area contributed by atoms with Gasteiger partial charge in [0.05, 0.1) is 6.42 Å². The zero-order valence-corrected chi connectivity index (χ0v) is 19.8. The Labute approximate surface area is 203 Å². The van der Waals surface area contributed by atoms with Gasteiger partial charge in [0, 0.05) is 26.6 Å². The minimum Gasteiger partial charge on any atom is -0.481 e. The summed E-state index contributed by atoms with van der Waals surface area (Å²) in [5.74, 6) is -2.23. The molecule has 2 atom stereocenters. The molecule has 2 aromatic carbocycles. The molecule has 1 fully saturated rings.